The van der Waals surface area contributed by atoms with E-state index in [9.17, 15) is 9.00 Å². The predicted molar refractivity (Wildman–Crippen MR) is 55.9 cm³/mol. The molecule has 0 aromatic rings. The molecule has 0 bridgehead atoms. The number of hydrogen-bond donors (Lipinski definition) is 3. The molecule has 90 valence electrons. The molecule has 0 aliphatic heterocycles. The van der Waals surface area contributed by atoms with Crippen LogP contribution in [0.3, 0.4) is 0 Å². The van der Waals surface area contributed by atoms with Crippen LogP contribution in [0.4, 0.5) is 0 Å². The lowest BCUT2D eigenvalue weighted by Crippen LogP contribution is -2.33. The van der Waals surface area contributed by atoms with E-state index in [2.05, 4.69) is 5.32 Å². The van der Waals surface area contributed by atoms with Gasteiger partial charge in [-0.3, -0.25) is 9.00 Å². The molecule has 0 rings (SSSR count). The molecular weight excluding hydrogens is 222 g/mol. The van der Waals surface area contributed by atoms with Crippen LogP contribution < -0.4 is 5.32 Å². The highest BCUT2D eigenvalue weighted by molar-refractivity contribution is 7.85. The summed E-state index contributed by atoms with van der Waals surface area (Å²) in [5.74, 6) is -0.606. The fourth-order valence-electron chi connectivity index (χ4n) is 0.816. The van der Waals surface area contributed by atoms with Crippen LogP contribution >= 0.6 is 0 Å². The highest BCUT2D eigenvalue weighted by Crippen LogP contribution is 1.89. The minimum absolute atomic E-state index is 0.0891. The van der Waals surface area contributed by atoms with Gasteiger partial charge in [-0.1, -0.05) is 0 Å². The van der Waals surface area contributed by atoms with E-state index in [-0.39, 0.29) is 17.4 Å². The highest BCUT2D eigenvalue weighted by Gasteiger charge is 2.11. The van der Waals surface area contributed by atoms with Gasteiger partial charge >= 0.3 is 0 Å². The lowest BCUT2D eigenvalue weighted by Gasteiger charge is -2.07. The lowest BCUT2D eigenvalue weighted by molar-refractivity contribution is -0.118. The third kappa shape index (κ3) is 8.49. The van der Waals surface area contributed by atoms with Gasteiger partial charge in [0.25, 0.3) is 0 Å². The van der Waals surface area contributed by atoms with Gasteiger partial charge in [0.2, 0.25) is 5.91 Å². The van der Waals surface area contributed by atoms with Crippen LogP contribution in [0, 0.1) is 0 Å². The Hall–Kier alpha value is -0.500. The van der Waals surface area contributed by atoms with Gasteiger partial charge in [0, 0.05) is 24.5 Å². The average Bonchev–Trinajstić information content (AvgIpc) is 2.17. The van der Waals surface area contributed by atoms with E-state index in [4.69, 9.17) is 14.9 Å². The Labute approximate surface area is 91.1 Å². The van der Waals surface area contributed by atoms with Crippen molar-refractivity contribution in [3.63, 3.8) is 0 Å². The number of amides is 1. The molecule has 7 heteroatoms. The Morgan fingerprint density at radius 3 is 2.80 bits per heavy atom. The minimum atomic E-state index is -1.45. The predicted octanol–water partition coefficient (Wildman–Crippen LogP) is -2.15. The lowest BCUT2D eigenvalue weighted by atomic mass is 10.4. The van der Waals surface area contributed by atoms with Gasteiger partial charge in [0.1, 0.15) is 5.75 Å². The fourth-order valence-corrected chi connectivity index (χ4v) is 1.86. The summed E-state index contributed by atoms with van der Waals surface area (Å²) in [7, 11) is 0.0674. The van der Waals surface area contributed by atoms with E-state index in [0.29, 0.717) is 13.2 Å². The maximum atomic E-state index is 11.2. The van der Waals surface area contributed by atoms with Crippen molar-refractivity contribution in [1.82, 2.24) is 5.32 Å². The first-order valence-corrected chi connectivity index (χ1v) is 5.98. The third-order valence-corrected chi connectivity index (χ3v) is 2.85. The molecule has 0 saturated carbocycles. The molecule has 0 saturated heterocycles. The number of rotatable bonds is 8. The summed E-state index contributed by atoms with van der Waals surface area (Å²) in [5, 5.41) is 20.0. The first-order chi connectivity index (χ1) is 7.10. The topological polar surface area (TPSA) is 95.9 Å². The van der Waals surface area contributed by atoms with Crippen LogP contribution in [0.15, 0.2) is 0 Å². The molecule has 0 spiro atoms. The number of carbonyl (C=O) groups excluding carboxylic acids is 1. The SMILES string of the molecule is COCCNC(=O)CS(=O)CC(O)CO. The summed E-state index contributed by atoms with van der Waals surface area (Å²) >= 11 is 0. The number of ether oxygens (including phenoxy) is 1. The number of carbonyl (C=O) groups is 1. The van der Waals surface area contributed by atoms with E-state index < -0.39 is 23.5 Å². The van der Waals surface area contributed by atoms with Crippen molar-refractivity contribution in [2.75, 3.05) is 38.4 Å². The minimum Gasteiger partial charge on any atom is -0.394 e. The van der Waals surface area contributed by atoms with E-state index in [0.717, 1.165) is 0 Å². The Morgan fingerprint density at radius 2 is 2.27 bits per heavy atom. The Morgan fingerprint density at radius 1 is 1.60 bits per heavy atom. The number of methoxy groups -OCH3 is 1. The standard InChI is InChI=1S/C8H17NO5S/c1-14-3-2-9-8(12)6-15(13)5-7(11)4-10/h7,10-11H,2-6H2,1H3,(H,9,12). The molecule has 0 heterocycles. The number of aliphatic hydroxyl groups excluding tert-OH is 2. The molecule has 2 unspecified atom stereocenters. The molecule has 1 amide bonds. The largest absolute Gasteiger partial charge is 0.394 e. The molecule has 0 radical (unpaired) electrons. The summed E-state index contributed by atoms with van der Waals surface area (Å²) in [6.45, 7) is 0.323. The van der Waals surface area contributed by atoms with Crippen molar-refractivity contribution in [3.05, 3.63) is 0 Å². The molecule has 0 aromatic carbocycles. The van der Waals surface area contributed by atoms with Crippen molar-refractivity contribution in [2.45, 2.75) is 6.10 Å². The van der Waals surface area contributed by atoms with Gasteiger partial charge in [0.05, 0.1) is 25.1 Å². The zero-order valence-corrected chi connectivity index (χ0v) is 9.46. The molecule has 2 atom stereocenters. The molecule has 0 fully saturated rings. The Kier molecular flexibility index (Phi) is 8.49. The maximum Gasteiger partial charge on any atom is 0.232 e. The van der Waals surface area contributed by atoms with E-state index in [1.54, 1.807) is 0 Å². The monoisotopic (exact) mass is 239 g/mol. The highest BCUT2D eigenvalue weighted by atomic mass is 32.2. The first-order valence-electron chi connectivity index (χ1n) is 4.49. The van der Waals surface area contributed by atoms with Crippen LogP contribution in [-0.4, -0.2) is 64.8 Å². The second-order valence-electron chi connectivity index (χ2n) is 2.93. The fraction of sp³-hybridized carbons (Fsp3) is 0.875. The van der Waals surface area contributed by atoms with Crippen LogP contribution in [0.5, 0.6) is 0 Å². The normalized spacial score (nSPS) is 14.6. The van der Waals surface area contributed by atoms with Gasteiger partial charge < -0.3 is 20.3 Å². The number of aliphatic hydroxyl groups is 2. The third-order valence-electron chi connectivity index (χ3n) is 1.51. The quantitative estimate of drug-likeness (QED) is 0.420. The number of nitrogens with one attached hydrogen (secondary N) is 1. The summed E-state index contributed by atoms with van der Waals surface area (Å²) < 4.78 is 15.9. The van der Waals surface area contributed by atoms with Crippen molar-refractivity contribution < 1.29 is 24.0 Å². The van der Waals surface area contributed by atoms with Crippen LogP contribution in [0.1, 0.15) is 0 Å². The zero-order valence-electron chi connectivity index (χ0n) is 8.64. The average molecular weight is 239 g/mol. The second-order valence-corrected chi connectivity index (χ2v) is 4.43. The van der Waals surface area contributed by atoms with Crippen molar-refractivity contribution in [2.24, 2.45) is 0 Å². The van der Waals surface area contributed by atoms with Gasteiger partial charge in [-0.25, -0.2) is 0 Å². The van der Waals surface area contributed by atoms with Gasteiger partial charge in [-0.15, -0.1) is 0 Å². The molecular formula is C8H17NO5S. The van der Waals surface area contributed by atoms with Crippen LogP contribution in [-0.2, 0) is 20.3 Å². The summed E-state index contributed by atoms with van der Waals surface area (Å²) in [6, 6.07) is 0. The molecule has 0 aromatic heterocycles. The van der Waals surface area contributed by atoms with Crippen LogP contribution in [0.2, 0.25) is 0 Å². The molecule has 0 aliphatic rings. The van der Waals surface area contributed by atoms with Gasteiger partial charge in [0.15, 0.2) is 0 Å². The first kappa shape index (κ1) is 14.5. The van der Waals surface area contributed by atoms with Crippen molar-refractivity contribution >= 4 is 16.7 Å². The van der Waals surface area contributed by atoms with E-state index >= 15 is 0 Å². The Balaban J connectivity index is 3.62. The molecule has 0 aliphatic carbocycles. The second kappa shape index (κ2) is 8.78. The summed E-state index contributed by atoms with van der Waals surface area (Å²) in [5.41, 5.74) is 0. The Bertz CT molecular complexity index is 211. The summed E-state index contributed by atoms with van der Waals surface area (Å²) in [6.07, 6.45) is -1.03. The van der Waals surface area contributed by atoms with Crippen LogP contribution in [0.25, 0.3) is 0 Å². The van der Waals surface area contributed by atoms with Crippen molar-refractivity contribution in [1.29, 1.82) is 0 Å². The van der Waals surface area contributed by atoms with E-state index in [1.165, 1.54) is 7.11 Å². The molecule has 6 nitrogen and oxygen atoms in total. The molecule has 3 N–H and O–H groups in total. The number of hydrogen-bond acceptors (Lipinski definition) is 5. The van der Waals surface area contributed by atoms with Gasteiger partial charge in [-0.2, -0.15) is 0 Å². The van der Waals surface area contributed by atoms with Gasteiger partial charge in [-0.05, 0) is 0 Å². The molecule has 15 heavy (non-hydrogen) atoms. The summed E-state index contributed by atoms with van der Waals surface area (Å²) in [4.78, 5) is 11.1. The van der Waals surface area contributed by atoms with Crippen molar-refractivity contribution in [3.8, 4) is 0 Å². The smallest absolute Gasteiger partial charge is 0.232 e. The maximum absolute atomic E-state index is 11.2. The zero-order chi connectivity index (χ0) is 11.7. The van der Waals surface area contributed by atoms with E-state index in [1.807, 2.05) is 0 Å².